The molecule has 0 fully saturated rings. The van der Waals surface area contributed by atoms with Crippen LogP contribution in [0.15, 0.2) is 0 Å². The van der Waals surface area contributed by atoms with Crippen LogP contribution in [0.4, 0.5) is 0 Å². The van der Waals surface area contributed by atoms with Crippen LogP contribution in [0.2, 0.25) is 0 Å². The van der Waals surface area contributed by atoms with Crippen LogP contribution in [0, 0.1) is 41.7 Å². The maximum absolute atomic E-state index is 0. The molecule has 0 bridgehead atoms. The topological polar surface area (TPSA) is 142 Å². The Hall–Kier alpha value is 2.59. The van der Waals surface area contributed by atoms with Crippen LogP contribution in [-0.4, -0.2) is 17.4 Å². The third-order valence-corrected chi connectivity index (χ3v) is 0. The molecule has 8 heteroatoms. The van der Waals surface area contributed by atoms with Gasteiger partial charge in [-0.1, -0.05) is 0 Å². The van der Waals surface area contributed by atoms with Gasteiger partial charge in [-0.05, 0) is 0 Å². The summed E-state index contributed by atoms with van der Waals surface area (Å²) in [6.45, 7) is 0. The maximum atomic E-state index is 0. The summed E-state index contributed by atoms with van der Waals surface area (Å²) in [5.41, 5.74) is 0. The van der Waals surface area contributed by atoms with Crippen molar-refractivity contribution in [3.63, 3.8) is 0 Å². The van der Waals surface area contributed by atoms with Gasteiger partial charge in [0.25, 0.3) is 0 Å². The van der Waals surface area contributed by atoms with Crippen LogP contribution in [0.5, 0.6) is 0 Å². The monoisotopic (exact) mass is 337 g/mol. The SMILES string of the molecule is [Al+3].[Ce+3].[O-2].[O-2].[O-2].[O-2].[O-2].[Zr+4]. The first-order valence-electron chi connectivity index (χ1n) is 0. The van der Waals surface area contributed by atoms with E-state index in [2.05, 4.69) is 0 Å². The zero-order valence-corrected chi connectivity index (χ0v) is 10.4. The maximum Gasteiger partial charge on any atom is 4.00 e. The molecule has 0 spiro atoms. The Labute approximate surface area is 111 Å². The van der Waals surface area contributed by atoms with E-state index < -0.39 is 0 Å². The second kappa shape index (κ2) is 105. The smallest absolute Gasteiger partial charge is 2.00 e. The standard InChI is InChI=1S/Al.Ce.5O.Zr/q2*+3;5*-2;+4. The molecule has 0 aromatic heterocycles. The van der Waals surface area contributed by atoms with Crippen LogP contribution < -0.4 is 0 Å². The number of hydrogen-bond donors (Lipinski definition) is 0. The van der Waals surface area contributed by atoms with E-state index in [1.165, 1.54) is 0 Å². The first kappa shape index (κ1) is 145. The van der Waals surface area contributed by atoms with Crippen LogP contribution in [0.25, 0.3) is 0 Å². The molecular weight excluding hydrogens is 338 g/mol. The van der Waals surface area contributed by atoms with Crippen molar-refractivity contribution >= 4 is 17.4 Å². The fourth-order valence-corrected chi connectivity index (χ4v) is 0. The van der Waals surface area contributed by atoms with Gasteiger partial charge in [-0.25, -0.2) is 0 Å². The largest absolute Gasteiger partial charge is 4.00 e. The van der Waals surface area contributed by atoms with E-state index in [-0.39, 0.29) is 113 Å². The van der Waals surface area contributed by atoms with Crippen molar-refractivity contribution in [3.8, 4) is 0 Å². The fraction of sp³-hybridized carbons (Fsp3) is 0. The van der Waals surface area contributed by atoms with Crippen LogP contribution in [0.1, 0.15) is 0 Å². The van der Waals surface area contributed by atoms with Crippen molar-refractivity contribution in [1.29, 1.82) is 0 Å². The molecule has 0 atom stereocenters. The predicted molar refractivity (Wildman–Crippen MR) is 9.19 cm³/mol. The van der Waals surface area contributed by atoms with Gasteiger partial charge in [-0.2, -0.15) is 0 Å². The molecule has 0 rings (SSSR count). The minimum Gasteiger partial charge on any atom is -2.00 e. The minimum atomic E-state index is 0. The predicted octanol–water partition coefficient (Wildman–Crippen LogP) is -0.977. The molecule has 0 aromatic rings. The summed E-state index contributed by atoms with van der Waals surface area (Å²) in [5, 5.41) is 0. The Morgan fingerprint density at radius 2 is 0.500 bits per heavy atom. The van der Waals surface area contributed by atoms with Crippen molar-refractivity contribution in [2.75, 3.05) is 0 Å². The average Bonchev–Trinajstić information content (AvgIpc) is 0. The van der Waals surface area contributed by atoms with Gasteiger partial charge in [0, 0.05) is 0 Å². The van der Waals surface area contributed by atoms with Crippen LogP contribution in [0.3, 0.4) is 0 Å². The molecule has 0 saturated carbocycles. The molecule has 8 heavy (non-hydrogen) atoms. The van der Waals surface area contributed by atoms with E-state index in [9.17, 15) is 0 Å². The van der Waals surface area contributed by atoms with Crippen molar-refractivity contribution < 1.29 is 95.3 Å². The fourth-order valence-electron chi connectivity index (χ4n) is 0. The molecule has 41 valence electrons. The first-order valence-corrected chi connectivity index (χ1v) is 0. The van der Waals surface area contributed by atoms with Gasteiger partial charge in [0.05, 0.1) is 0 Å². The zero-order valence-electron chi connectivity index (χ0n) is 3.62. The molecule has 0 N–H and O–H groups in total. The zero-order chi connectivity index (χ0) is 0. The van der Waals surface area contributed by atoms with E-state index >= 15 is 0 Å². The van der Waals surface area contributed by atoms with Gasteiger partial charge in [0.1, 0.15) is 0 Å². The van der Waals surface area contributed by atoms with Gasteiger partial charge in [-0.3, -0.25) is 0 Å². The summed E-state index contributed by atoms with van der Waals surface area (Å²) in [6.07, 6.45) is 0. The minimum absolute atomic E-state index is 0. The molecule has 0 aliphatic carbocycles. The van der Waals surface area contributed by atoms with E-state index in [1.54, 1.807) is 0 Å². The molecule has 0 saturated heterocycles. The Bertz CT molecular complexity index is 12.4. The summed E-state index contributed by atoms with van der Waals surface area (Å²) in [5.74, 6) is 0. The Morgan fingerprint density at radius 3 is 0.500 bits per heavy atom. The van der Waals surface area contributed by atoms with E-state index in [0.717, 1.165) is 0 Å². The molecule has 5 nitrogen and oxygen atoms in total. The van der Waals surface area contributed by atoms with Gasteiger partial charge in [0.15, 0.2) is 0 Å². The first-order chi connectivity index (χ1) is 0. The Balaban J connectivity index is 0. The van der Waals surface area contributed by atoms with Gasteiger partial charge in [0.2, 0.25) is 0 Å². The molecule has 0 aliphatic heterocycles. The van der Waals surface area contributed by atoms with Gasteiger partial charge in [-0.15, -0.1) is 0 Å². The van der Waals surface area contributed by atoms with Crippen molar-refractivity contribution in [2.45, 2.75) is 0 Å². The summed E-state index contributed by atoms with van der Waals surface area (Å²) < 4.78 is 0. The molecule has 1 radical (unpaired) electrons. The van der Waals surface area contributed by atoms with Crippen LogP contribution >= 0.6 is 0 Å². The average molecular weight is 338 g/mol. The Kier molecular flexibility index (Phi) is 1910. The van der Waals surface area contributed by atoms with Gasteiger partial charge < -0.3 is 27.4 Å². The van der Waals surface area contributed by atoms with E-state index in [1.807, 2.05) is 0 Å². The normalized spacial score (nSPS) is 0. The van der Waals surface area contributed by atoms with Gasteiger partial charge >= 0.3 is 85.3 Å². The van der Waals surface area contributed by atoms with E-state index in [0.29, 0.717) is 0 Å². The Morgan fingerprint density at radius 1 is 0.500 bits per heavy atom. The summed E-state index contributed by atoms with van der Waals surface area (Å²) in [6, 6.07) is 0. The molecule has 0 aliphatic rings. The number of rotatable bonds is 0. The summed E-state index contributed by atoms with van der Waals surface area (Å²) in [7, 11) is 0. The molecule has 0 amide bonds. The second-order valence-corrected chi connectivity index (χ2v) is 0. The van der Waals surface area contributed by atoms with Crippen molar-refractivity contribution in [3.05, 3.63) is 0 Å². The quantitative estimate of drug-likeness (QED) is 0.501. The van der Waals surface area contributed by atoms with Crippen molar-refractivity contribution in [2.24, 2.45) is 0 Å². The molecule has 0 heterocycles. The van der Waals surface area contributed by atoms with Crippen molar-refractivity contribution in [1.82, 2.24) is 0 Å². The third-order valence-electron chi connectivity index (χ3n) is 0. The molecular formula is AlCeO5Zr. The van der Waals surface area contributed by atoms with Crippen LogP contribution in [-0.2, 0) is 53.6 Å². The summed E-state index contributed by atoms with van der Waals surface area (Å²) in [4.78, 5) is 0. The molecule has 0 unspecified atom stereocenters. The third kappa shape index (κ3) is 73.7. The number of hydrogen-bond acceptors (Lipinski definition) is 0. The summed E-state index contributed by atoms with van der Waals surface area (Å²) >= 11 is 0. The van der Waals surface area contributed by atoms with E-state index in [4.69, 9.17) is 0 Å². The molecule has 0 aromatic carbocycles. The second-order valence-electron chi connectivity index (χ2n) is 0.